The molecule has 162 valence electrons. The van der Waals surface area contributed by atoms with Crippen molar-refractivity contribution in [2.75, 3.05) is 11.9 Å². The third kappa shape index (κ3) is 4.05. The highest BCUT2D eigenvalue weighted by Crippen LogP contribution is 2.33. The highest BCUT2D eigenvalue weighted by Gasteiger charge is 2.32. The zero-order chi connectivity index (χ0) is 22.3. The molecule has 0 atom stereocenters. The van der Waals surface area contributed by atoms with Gasteiger partial charge in [-0.05, 0) is 12.1 Å². The van der Waals surface area contributed by atoms with Gasteiger partial charge >= 0.3 is 12.2 Å². The van der Waals surface area contributed by atoms with E-state index in [0.717, 1.165) is 18.3 Å². The van der Waals surface area contributed by atoms with E-state index in [4.69, 9.17) is 0 Å². The normalized spacial score (nSPS) is 13.8. The number of aromatic nitrogens is 3. The summed E-state index contributed by atoms with van der Waals surface area (Å²) < 4.78 is 80.4. The van der Waals surface area contributed by atoms with Gasteiger partial charge in [0.1, 0.15) is 0 Å². The van der Waals surface area contributed by atoms with Gasteiger partial charge in [0.05, 0.1) is 36.2 Å². The molecule has 0 saturated carbocycles. The largest absolute Gasteiger partial charge is 0.416 e. The zero-order valence-electron chi connectivity index (χ0n) is 15.6. The maximum absolute atomic E-state index is 13.4. The van der Waals surface area contributed by atoms with E-state index in [2.05, 4.69) is 15.4 Å². The number of alkyl halides is 3. The molecule has 6 nitrogen and oxygen atoms in total. The molecule has 1 aromatic carbocycles. The number of carbonyl (C=O) groups is 1. The van der Waals surface area contributed by atoms with Crippen LogP contribution in [0.2, 0.25) is 0 Å². The van der Waals surface area contributed by atoms with E-state index < -0.39 is 35.2 Å². The molecule has 0 unspecified atom stereocenters. The fourth-order valence-corrected chi connectivity index (χ4v) is 3.22. The molecule has 31 heavy (non-hydrogen) atoms. The first-order chi connectivity index (χ1) is 14.6. The van der Waals surface area contributed by atoms with E-state index in [1.165, 1.54) is 15.8 Å². The fourth-order valence-electron chi connectivity index (χ4n) is 3.22. The van der Waals surface area contributed by atoms with Crippen molar-refractivity contribution in [2.45, 2.75) is 19.3 Å². The molecular formula is C19H13F6N5O. The molecule has 4 rings (SSSR count). The van der Waals surface area contributed by atoms with Crippen molar-refractivity contribution in [3.63, 3.8) is 0 Å². The van der Waals surface area contributed by atoms with Crippen molar-refractivity contribution in [3.8, 4) is 11.3 Å². The van der Waals surface area contributed by atoms with Gasteiger partial charge in [0, 0.05) is 36.1 Å². The Bertz CT molecular complexity index is 1140. The average Bonchev–Trinajstić information content (AvgIpc) is 3.14. The van der Waals surface area contributed by atoms with E-state index in [1.54, 1.807) is 0 Å². The van der Waals surface area contributed by atoms with Gasteiger partial charge in [-0.1, -0.05) is 0 Å². The van der Waals surface area contributed by atoms with Crippen molar-refractivity contribution < 1.29 is 31.1 Å². The quantitative estimate of drug-likeness (QED) is 0.473. The molecule has 0 saturated heterocycles. The summed E-state index contributed by atoms with van der Waals surface area (Å²) in [5.41, 5.74) is -0.336. The summed E-state index contributed by atoms with van der Waals surface area (Å²) in [6, 6.07) is 2.30. The van der Waals surface area contributed by atoms with Gasteiger partial charge in [-0.3, -0.25) is 9.67 Å². The summed E-state index contributed by atoms with van der Waals surface area (Å²) >= 11 is 0. The SMILES string of the molecule is O=C(Nc1cc(F)c(F)c(F)c1)N1CCn2ncc(-c3cc(C(F)(F)F)ccn3)c2C1. The number of pyridine rings is 1. The predicted molar refractivity (Wildman–Crippen MR) is 96.2 cm³/mol. The Labute approximate surface area is 171 Å². The number of anilines is 1. The van der Waals surface area contributed by atoms with Gasteiger partial charge < -0.3 is 10.2 Å². The lowest BCUT2D eigenvalue weighted by atomic mass is 10.1. The molecule has 0 bridgehead atoms. The van der Waals surface area contributed by atoms with Crippen molar-refractivity contribution in [3.05, 3.63) is 65.4 Å². The standard InChI is InChI=1S/C19H13F6N5O/c20-13-6-11(7-14(21)17(13)22)28-18(31)29-3-4-30-16(9-29)12(8-27-30)15-5-10(1-2-26-15)19(23,24)25/h1-2,5-8H,3-4,9H2,(H,28,31). The van der Waals surface area contributed by atoms with Crippen LogP contribution in [0, 0.1) is 17.5 Å². The average molecular weight is 441 g/mol. The topological polar surface area (TPSA) is 63.1 Å². The number of nitrogens with one attached hydrogen (secondary N) is 1. The first-order valence-corrected chi connectivity index (χ1v) is 8.92. The van der Waals surface area contributed by atoms with Crippen LogP contribution in [0.1, 0.15) is 11.3 Å². The Balaban J connectivity index is 1.57. The molecule has 3 aromatic rings. The summed E-state index contributed by atoms with van der Waals surface area (Å²) in [5.74, 6) is -4.56. The van der Waals surface area contributed by atoms with Gasteiger partial charge in [0.25, 0.3) is 0 Å². The van der Waals surface area contributed by atoms with Crippen molar-refractivity contribution in [1.82, 2.24) is 19.7 Å². The zero-order valence-corrected chi connectivity index (χ0v) is 15.6. The predicted octanol–water partition coefficient (Wildman–Crippen LogP) is 4.43. The third-order valence-corrected chi connectivity index (χ3v) is 4.76. The van der Waals surface area contributed by atoms with Gasteiger partial charge in [0.15, 0.2) is 17.5 Å². The van der Waals surface area contributed by atoms with Gasteiger partial charge in [-0.2, -0.15) is 18.3 Å². The number of fused-ring (bicyclic) bond motifs is 1. The lowest BCUT2D eigenvalue weighted by Crippen LogP contribution is -2.41. The van der Waals surface area contributed by atoms with E-state index >= 15 is 0 Å². The molecule has 1 aliphatic rings. The van der Waals surface area contributed by atoms with Crippen LogP contribution in [0.3, 0.4) is 0 Å². The highest BCUT2D eigenvalue weighted by molar-refractivity contribution is 5.89. The number of halogens is 6. The first kappa shape index (κ1) is 20.7. The smallest absolute Gasteiger partial charge is 0.317 e. The first-order valence-electron chi connectivity index (χ1n) is 8.92. The minimum absolute atomic E-state index is 0.0365. The highest BCUT2D eigenvalue weighted by atomic mass is 19.4. The molecule has 1 N–H and O–H groups in total. The minimum Gasteiger partial charge on any atom is -0.317 e. The summed E-state index contributed by atoms with van der Waals surface area (Å²) in [4.78, 5) is 17.8. The van der Waals surface area contributed by atoms with Crippen LogP contribution in [-0.2, 0) is 19.3 Å². The lowest BCUT2D eigenvalue weighted by molar-refractivity contribution is -0.137. The molecule has 1 aliphatic heterocycles. The van der Waals surface area contributed by atoms with Crippen molar-refractivity contribution >= 4 is 11.7 Å². The van der Waals surface area contributed by atoms with E-state index in [-0.39, 0.29) is 31.0 Å². The Morgan fingerprint density at radius 3 is 2.45 bits per heavy atom. The van der Waals surface area contributed by atoms with Crippen LogP contribution in [0.15, 0.2) is 36.7 Å². The summed E-state index contributed by atoms with van der Waals surface area (Å²) in [5, 5.41) is 6.41. The number of benzene rings is 1. The molecule has 0 spiro atoms. The van der Waals surface area contributed by atoms with Crippen LogP contribution < -0.4 is 5.32 Å². The Morgan fingerprint density at radius 2 is 1.77 bits per heavy atom. The summed E-state index contributed by atoms with van der Waals surface area (Å²) in [7, 11) is 0. The maximum atomic E-state index is 13.4. The minimum atomic E-state index is -4.55. The van der Waals surface area contributed by atoms with Gasteiger partial charge in [0.2, 0.25) is 0 Å². The number of nitrogens with zero attached hydrogens (tertiary/aromatic N) is 4. The molecular weight excluding hydrogens is 428 g/mol. The van der Waals surface area contributed by atoms with Crippen LogP contribution in [0.5, 0.6) is 0 Å². The molecule has 12 heteroatoms. The molecule has 0 radical (unpaired) electrons. The molecule has 2 amide bonds. The second kappa shape index (κ2) is 7.60. The number of urea groups is 1. The monoisotopic (exact) mass is 441 g/mol. The third-order valence-electron chi connectivity index (χ3n) is 4.76. The van der Waals surface area contributed by atoms with Crippen LogP contribution in [0.4, 0.5) is 36.8 Å². The second-order valence-corrected chi connectivity index (χ2v) is 6.76. The Morgan fingerprint density at radius 1 is 1.06 bits per heavy atom. The fraction of sp³-hybridized carbons (Fsp3) is 0.211. The Hall–Kier alpha value is -3.57. The van der Waals surface area contributed by atoms with Crippen molar-refractivity contribution in [1.29, 1.82) is 0 Å². The van der Waals surface area contributed by atoms with E-state index in [1.807, 2.05) is 0 Å². The van der Waals surface area contributed by atoms with Crippen LogP contribution >= 0.6 is 0 Å². The van der Waals surface area contributed by atoms with Gasteiger partial charge in [-0.15, -0.1) is 0 Å². The number of carbonyl (C=O) groups excluding carboxylic acids is 1. The molecule has 3 heterocycles. The second-order valence-electron chi connectivity index (χ2n) is 6.76. The summed E-state index contributed by atoms with van der Waals surface area (Å²) in [6.07, 6.45) is -2.15. The van der Waals surface area contributed by atoms with Crippen LogP contribution in [-0.4, -0.2) is 32.2 Å². The number of amides is 2. The maximum Gasteiger partial charge on any atom is 0.416 e. The number of hydrogen-bond donors (Lipinski definition) is 1. The molecule has 0 fully saturated rings. The van der Waals surface area contributed by atoms with Crippen molar-refractivity contribution in [2.24, 2.45) is 0 Å². The van der Waals surface area contributed by atoms with Crippen LogP contribution in [0.25, 0.3) is 11.3 Å². The number of rotatable bonds is 2. The lowest BCUT2D eigenvalue weighted by Gasteiger charge is -2.28. The van der Waals surface area contributed by atoms with E-state index in [0.29, 0.717) is 23.4 Å². The Kier molecular flexibility index (Phi) is 5.07. The molecule has 0 aliphatic carbocycles. The summed E-state index contributed by atoms with van der Waals surface area (Å²) in [6.45, 7) is 0.390. The molecule has 2 aromatic heterocycles. The van der Waals surface area contributed by atoms with E-state index in [9.17, 15) is 31.1 Å². The number of hydrogen-bond acceptors (Lipinski definition) is 3. The van der Waals surface area contributed by atoms with Gasteiger partial charge in [-0.25, -0.2) is 18.0 Å².